The van der Waals surface area contributed by atoms with Gasteiger partial charge >= 0.3 is 0 Å². The van der Waals surface area contributed by atoms with E-state index < -0.39 is 8.24 Å². The highest BCUT2D eigenvalue weighted by Crippen LogP contribution is 2.14. The molecular weight excluding hydrogens is 162 g/mol. The average molecular weight is 187 g/mol. The van der Waals surface area contributed by atoms with Crippen molar-refractivity contribution in [2.75, 3.05) is 0 Å². The monoisotopic (exact) mass is 187 g/mol. The summed E-state index contributed by atoms with van der Waals surface area (Å²) in [5.74, 6) is 0.836. The van der Waals surface area contributed by atoms with Crippen molar-refractivity contribution < 1.29 is 0 Å². The first kappa shape index (κ1) is 12.2. The topological polar surface area (TPSA) is 12.0 Å². The van der Waals surface area contributed by atoms with E-state index in [1.54, 1.807) is 0 Å². The molecule has 0 amide bonds. The first-order chi connectivity index (χ1) is 5.37. The van der Waals surface area contributed by atoms with Crippen LogP contribution in [0.1, 0.15) is 34.1 Å². The van der Waals surface area contributed by atoms with Gasteiger partial charge in [-0.15, -0.1) is 0 Å². The molecule has 0 aliphatic heterocycles. The molecule has 1 N–H and O–H groups in total. The van der Waals surface area contributed by atoms with Gasteiger partial charge < -0.3 is 4.98 Å². The van der Waals surface area contributed by atoms with Gasteiger partial charge in [0.2, 0.25) is 0 Å². The van der Waals surface area contributed by atoms with E-state index in [0.29, 0.717) is 6.04 Å². The Kier molecular flexibility index (Phi) is 5.10. The maximum absolute atomic E-state index is 3.78. The molecule has 0 radical (unpaired) electrons. The van der Waals surface area contributed by atoms with Crippen LogP contribution in [-0.2, 0) is 0 Å². The minimum atomic E-state index is -1.10. The van der Waals surface area contributed by atoms with Gasteiger partial charge in [0.1, 0.15) is 8.24 Å². The molecule has 12 heavy (non-hydrogen) atoms. The van der Waals surface area contributed by atoms with Crippen LogP contribution >= 0.6 is 0 Å². The van der Waals surface area contributed by atoms with E-state index in [1.165, 1.54) is 12.5 Å². The molecule has 0 aliphatic carbocycles. The van der Waals surface area contributed by atoms with Gasteiger partial charge in [0.15, 0.2) is 0 Å². The van der Waals surface area contributed by atoms with Crippen LogP contribution in [0.3, 0.4) is 0 Å². The molecule has 1 unspecified atom stereocenters. The summed E-state index contributed by atoms with van der Waals surface area (Å²) in [5, 5.41) is 0. The quantitative estimate of drug-likeness (QED) is 0.652. The third-order valence-corrected chi connectivity index (χ3v) is 5.28. The van der Waals surface area contributed by atoms with E-state index in [0.717, 1.165) is 5.92 Å². The van der Waals surface area contributed by atoms with E-state index in [2.05, 4.69) is 45.8 Å². The minimum absolute atomic E-state index is 0.699. The van der Waals surface area contributed by atoms with E-state index in [4.69, 9.17) is 0 Å². The summed E-state index contributed by atoms with van der Waals surface area (Å²) in [7, 11) is -1.10. The smallest absolute Gasteiger partial charge is 0.119 e. The Labute approximate surface area is 79.0 Å². The molecule has 0 fully saturated rings. The lowest BCUT2D eigenvalue weighted by Crippen LogP contribution is -2.49. The van der Waals surface area contributed by atoms with Crippen molar-refractivity contribution in [3.05, 3.63) is 0 Å². The highest BCUT2D eigenvalue weighted by Gasteiger charge is 2.23. The first-order valence-electron chi connectivity index (χ1n) is 5.15. The standard InChI is InChI=1S/C10H25NSi/c1-7-10(4)11-12(5,6)8-9(2)3/h9-11H,7-8H2,1-6H3. The maximum atomic E-state index is 3.78. The van der Waals surface area contributed by atoms with Gasteiger partial charge in [0, 0.05) is 0 Å². The molecule has 1 nitrogen and oxygen atoms in total. The molecule has 0 bridgehead atoms. The number of nitrogens with one attached hydrogen (secondary N) is 1. The van der Waals surface area contributed by atoms with Crippen molar-refractivity contribution in [3.63, 3.8) is 0 Å². The lowest BCUT2D eigenvalue weighted by molar-refractivity contribution is 0.623. The lowest BCUT2D eigenvalue weighted by atomic mass is 10.3. The molecular formula is C10H25NSi. The summed E-state index contributed by atoms with van der Waals surface area (Å²) in [6.07, 6.45) is 1.24. The summed E-state index contributed by atoms with van der Waals surface area (Å²) >= 11 is 0. The Balaban J connectivity index is 3.85. The Bertz CT molecular complexity index is 121. The molecule has 0 heterocycles. The summed E-state index contributed by atoms with van der Waals surface area (Å²) in [5.41, 5.74) is 0. The zero-order valence-corrected chi connectivity index (χ0v) is 10.6. The third kappa shape index (κ3) is 5.78. The van der Waals surface area contributed by atoms with Crippen molar-refractivity contribution in [1.82, 2.24) is 4.98 Å². The van der Waals surface area contributed by atoms with Crippen molar-refractivity contribution in [2.45, 2.75) is 59.3 Å². The van der Waals surface area contributed by atoms with Crippen LogP contribution < -0.4 is 4.98 Å². The van der Waals surface area contributed by atoms with Gasteiger partial charge in [0.25, 0.3) is 0 Å². The third-order valence-electron chi connectivity index (χ3n) is 2.17. The normalized spacial score (nSPS) is 15.2. The Morgan fingerprint density at radius 3 is 2.00 bits per heavy atom. The van der Waals surface area contributed by atoms with Crippen LogP contribution in [-0.4, -0.2) is 14.3 Å². The molecule has 74 valence electrons. The van der Waals surface area contributed by atoms with Crippen molar-refractivity contribution in [1.29, 1.82) is 0 Å². The van der Waals surface area contributed by atoms with Crippen LogP contribution in [0, 0.1) is 5.92 Å². The van der Waals surface area contributed by atoms with Crippen molar-refractivity contribution >= 4 is 8.24 Å². The Hall–Kier alpha value is 0.177. The molecule has 0 saturated heterocycles. The molecule has 0 aromatic rings. The predicted molar refractivity (Wildman–Crippen MR) is 60.0 cm³/mol. The largest absolute Gasteiger partial charge is 0.335 e. The molecule has 1 atom stereocenters. The van der Waals surface area contributed by atoms with Gasteiger partial charge in [-0.2, -0.15) is 0 Å². The van der Waals surface area contributed by atoms with Crippen LogP contribution in [0.4, 0.5) is 0 Å². The van der Waals surface area contributed by atoms with Gasteiger partial charge in [-0.25, -0.2) is 0 Å². The van der Waals surface area contributed by atoms with Crippen molar-refractivity contribution in [3.8, 4) is 0 Å². The second-order valence-electron chi connectivity index (χ2n) is 4.94. The van der Waals surface area contributed by atoms with Crippen LogP contribution in [0.5, 0.6) is 0 Å². The zero-order valence-electron chi connectivity index (χ0n) is 9.57. The number of hydrogen-bond acceptors (Lipinski definition) is 1. The Morgan fingerprint density at radius 2 is 1.67 bits per heavy atom. The fraction of sp³-hybridized carbons (Fsp3) is 1.00. The van der Waals surface area contributed by atoms with Crippen LogP contribution in [0.15, 0.2) is 0 Å². The number of hydrogen-bond donors (Lipinski definition) is 1. The Morgan fingerprint density at radius 1 is 1.17 bits per heavy atom. The van der Waals surface area contributed by atoms with Gasteiger partial charge in [-0.1, -0.05) is 40.8 Å². The molecule has 0 spiro atoms. The molecule has 0 aromatic carbocycles. The first-order valence-corrected chi connectivity index (χ1v) is 8.35. The minimum Gasteiger partial charge on any atom is -0.335 e. The molecule has 0 saturated carbocycles. The summed E-state index contributed by atoms with van der Waals surface area (Å²) < 4.78 is 0. The summed E-state index contributed by atoms with van der Waals surface area (Å²) in [6, 6.07) is 2.09. The van der Waals surface area contributed by atoms with E-state index in [-0.39, 0.29) is 0 Å². The maximum Gasteiger partial charge on any atom is 0.119 e. The van der Waals surface area contributed by atoms with E-state index in [9.17, 15) is 0 Å². The van der Waals surface area contributed by atoms with Crippen LogP contribution in [0.25, 0.3) is 0 Å². The molecule has 0 aromatic heterocycles. The van der Waals surface area contributed by atoms with Gasteiger partial charge in [-0.05, 0) is 24.4 Å². The lowest BCUT2D eigenvalue weighted by Gasteiger charge is -2.29. The molecule has 0 aliphatic rings. The molecule has 0 rings (SSSR count). The van der Waals surface area contributed by atoms with Crippen LogP contribution in [0.2, 0.25) is 19.1 Å². The number of rotatable bonds is 5. The average Bonchev–Trinajstić information content (AvgIpc) is 1.83. The van der Waals surface area contributed by atoms with Crippen molar-refractivity contribution in [2.24, 2.45) is 5.92 Å². The summed E-state index contributed by atoms with van der Waals surface area (Å²) in [4.78, 5) is 3.78. The SMILES string of the molecule is CCC(C)N[Si](C)(C)CC(C)C. The van der Waals surface area contributed by atoms with E-state index >= 15 is 0 Å². The highest BCUT2D eigenvalue weighted by molar-refractivity contribution is 6.75. The summed E-state index contributed by atoms with van der Waals surface area (Å²) in [6.45, 7) is 14.0. The van der Waals surface area contributed by atoms with E-state index in [1.807, 2.05) is 0 Å². The fourth-order valence-corrected chi connectivity index (χ4v) is 5.55. The predicted octanol–water partition coefficient (Wildman–Crippen LogP) is 3.24. The highest BCUT2D eigenvalue weighted by atomic mass is 28.3. The van der Waals surface area contributed by atoms with Gasteiger partial charge in [0.05, 0.1) is 0 Å². The molecule has 2 heteroatoms. The zero-order chi connectivity index (χ0) is 9.78. The second-order valence-corrected chi connectivity index (χ2v) is 9.40. The fourth-order valence-electron chi connectivity index (χ4n) is 1.85. The van der Waals surface area contributed by atoms with Gasteiger partial charge in [-0.3, -0.25) is 0 Å². The second kappa shape index (κ2) is 5.03.